The van der Waals surface area contributed by atoms with Crippen LogP contribution < -0.4 is 5.56 Å². The molecule has 0 aliphatic carbocycles. The number of hydrogen-bond donors (Lipinski definition) is 1. The summed E-state index contributed by atoms with van der Waals surface area (Å²) in [4.78, 5) is 19.7. The van der Waals surface area contributed by atoms with Gasteiger partial charge in [-0.2, -0.15) is 0 Å². The molecule has 2 heterocycles. The monoisotopic (exact) mass is 380 g/mol. The quantitative estimate of drug-likeness (QED) is 0.409. The Balaban J connectivity index is 2.24. The predicted octanol–water partition coefficient (Wildman–Crippen LogP) is 4.19. The van der Waals surface area contributed by atoms with Gasteiger partial charge in [0.15, 0.2) is 5.16 Å². The summed E-state index contributed by atoms with van der Waals surface area (Å²) in [6.45, 7) is 4.09. The first-order valence-electron chi connectivity index (χ1n) is 7.55. The van der Waals surface area contributed by atoms with Crippen LogP contribution in [0.1, 0.15) is 16.9 Å². The number of halogens is 1. The number of aromatic nitrogens is 2. The van der Waals surface area contributed by atoms with Crippen molar-refractivity contribution in [3.8, 4) is 5.69 Å². The van der Waals surface area contributed by atoms with E-state index < -0.39 is 0 Å². The molecule has 0 aliphatic heterocycles. The van der Waals surface area contributed by atoms with Crippen LogP contribution in [0.2, 0.25) is 5.02 Å². The predicted molar refractivity (Wildman–Crippen MR) is 102 cm³/mol. The molecule has 0 radical (unpaired) electrons. The lowest BCUT2D eigenvalue weighted by molar-refractivity contribution is 0.296. The van der Waals surface area contributed by atoms with E-state index in [1.54, 1.807) is 28.0 Å². The lowest BCUT2D eigenvalue weighted by Crippen LogP contribution is -2.21. The molecule has 0 saturated heterocycles. The van der Waals surface area contributed by atoms with Crippen LogP contribution in [-0.4, -0.2) is 27.0 Å². The van der Waals surface area contributed by atoms with Gasteiger partial charge < -0.3 is 5.11 Å². The summed E-state index contributed by atoms with van der Waals surface area (Å²) in [5.74, 6) is 0.700. The highest BCUT2D eigenvalue weighted by Gasteiger charge is 2.17. The number of thiophene rings is 1. The molecule has 0 unspecified atom stereocenters. The minimum atomic E-state index is -0.0596. The molecule has 0 saturated carbocycles. The number of thioether (sulfide) groups is 1. The minimum Gasteiger partial charge on any atom is -0.396 e. The number of aliphatic hydroxyl groups is 1. The van der Waals surface area contributed by atoms with E-state index in [4.69, 9.17) is 21.7 Å². The number of aliphatic hydroxyl groups excluding tert-OH is 1. The maximum absolute atomic E-state index is 13.1. The Labute approximate surface area is 153 Å². The number of rotatable bonds is 5. The van der Waals surface area contributed by atoms with Gasteiger partial charge in [-0.05, 0) is 50.1 Å². The zero-order valence-electron chi connectivity index (χ0n) is 13.4. The molecule has 3 rings (SSSR count). The highest BCUT2D eigenvalue weighted by Crippen LogP contribution is 2.29. The van der Waals surface area contributed by atoms with Crippen LogP contribution in [0.25, 0.3) is 15.9 Å². The smallest absolute Gasteiger partial charge is 0.267 e. The molecule has 1 N–H and O–H groups in total. The van der Waals surface area contributed by atoms with Crippen molar-refractivity contribution in [2.45, 2.75) is 25.4 Å². The van der Waals surface area contributed by atoms with E-state index in [-0.39, 0.29) is 12.2 Å². The molecular formula is C17H17ClN2O2S2. The van der Waals surface area contributed by atoms with Crippen LogP contribution in [0.5, 0.6) is 0 Å². The highest BCUT2D eigenvalue weighted by atomic mass is 35.5. The van der Waals surface area contributed by atoms with Crippen molar-refractivity contribution < 1.29 is 5.11 Å². The van der Waals surface area contributed by atoms with Gasteiger partial charge in [0.2, 0.25) is 0 Å². The molecule has 0 atom stereocenters. The summed E-state index contributed by atoms with van der Waals surface area (Å²) in [6, 6.07) is 7.17. The Kier molecular flexibility index (Phi) is 5.30. The van der Waals surface area contributed by atoms with Gasteiger partial charge in [-0.25, -0.2) is 4.98 Å². The Hall–Kier alpha value is -1.34. The normalized spacial score (nSPS) is 11.3. The van der Waals surface area contributed by atoms with Gasteiger partial charge in [-0.15, -0.1) is 11.3 Å². The number of hydrogen-bond acceptors (Lipinski definition) is 5. The van der Waals surface area contributed by atoms with Crippen LogP contribution >= 0.6 is 34.7 Å². The van der Waals surface area contributed by atoms with Gasteiger partial charge in [-0.3, -0.25) is 9.36 Å². The van der Waals surface area contributed by atoms with Crippen molar-refractivity contribution >= 4 is 44.9 Å². The van der Waals surface area contributed by atoms with Gasteiger partial charge in [0.05, 0.1) is 11.1 Å². The molecule has 126 valence electrons. The van der Waals surface area contributed by atoms with Crippen molar-refractivity contribution in [1.82, 2.24) is 9.55 Å². The molecule has 0 bridgehead atoms. The van der Waals surface area contributed by atoms with E-state index in [0.29, 0.717) is 27.7 Å². The molecule has 1 aromatic carbocycles. The third-order valence-corrected chi connectivity index (χ3v) is 6.17. The number of benzene rings is 1. The third-order valence-electron chi connectivity index (χ3n) is 3.79. The number of fused-ring (bicyclic) bond motifs is 1. The van der Waals surface area contributed by atoms with Crippen LogP contribution in [-0.2, 0) is 0 Å². The van der Waals surface area contributed by atoms with Crippen LogP contribution in [0.4, 0.5) is 0 Å². The fraction of sp³-hybridized carbons (Fsp3) is 0.294. The fourth-order valence-corrected chi connectivity index (χ4v) is 4.55. The van der Waals surface area contributed by atoms with Gasteiger partial charge in [0.1, 0.15) is 4.83 Å². The average molecular weight is 381 g/mol. The van der Waals surface area contributed by atoms with Gasteiger partial charge in [0.25, 0.3) is 5.56 Å². The van der Waals surface area contributed by atoms with E-state index in [1.807, 2.05) is 26.0 Å². The molecular weight excluding hydrogens is 364 g/mol. The van der Waals surface area contributed by atoms with Crippen LogP contribution in [0, 0.1) is 13.8 Å². The fourth-order valence-electron chi connectivity index (χ4n) is 2.42. The molecule has 4 nitrogen and oxygen atoms in total. The van der Waals surface area contributed by atoms with Crippen molar-refractivity contribution in [3.05, 3.63) is 50.1 Å². The first-order chi connectivity index (χ1) is 11.5. The van der Waals surface area contributed by atoms with E-state index >= 15 is 0 Å². The maximum atomic E-state index is 13.1. The zero-order chi connectivity index (χ0) is 17.3. The highest BCUT2D eigenvalue weighted by molar-refractivity contribution is 7.99. The molecule has 0 fully saturated rings. The van der Waals surface area contributed by atoms with E-state index in [0.717, 1.165) is 21.0 Å². The largest absolute Gasteiger partial charge is 0.396 e. The SMILES string of the molecule is Cc1sc2nc(SCCCO)n(-c3ccc(Cl)cc3)c(=O)c2c1C. The second-order valence-corrected chi connectivity index (χ2v) is 8.10. The van der Waals surface area contributed by atoms with E-state index in [9.17, 15) is 4.79 Å². The molecule has 2 aromatic heterocycles. The molecule has 0 amide bonds. The summed E-state index contributed by atoms with van der Waals surface area (Å²) in [7, 11) is 0. The molecule has 7 heteroatoms. The molecule has 0 spiro atoms. The summed E-state index contributed by atoms with van der Waals surface area (Å²) < 4.78 is 1.64. The standard InChI is InChI=1S/C17H17ClN2O2S2/c1-10-11(2)24-15-14(10)16(22)20(13-6-4-12(18)5-7-13)17(19-15)23-9-3-8-21/h4-7,21H,3,8-9H2,1-2H3. The van der Waals surface area contributed by atoms with Gasteiger partial charge >= 0.3 is 0 Å². The molecule has 3 aromatic rings. The van der Waals surface area contributed by atoms with Crippen molar-refractivity contribution in [2.24, 2.45) is 0 Å². The van der Waals surface area contributed by atoms with Gasteiger partial charge in [-0.1, -0.05) is 23.4 Å². The Bertz CT molecular complexity index is 932. The lowest BCUT2D eigenvalue weighted by atomic mass is 10.2. The van der Waals surface area contributed by atoms with Crippen molar-refractivity contribution in [1.29, 1.82) is 0 Å². The molecule has 24 heavy (non-hydrogen) atoms. The Morgan fingerprint density at radius 1 is 1.29 bits per heavy atom. The van der Waals surface area contributed by atoms with Crippen molar-refractivity contribution in [2.75, 3.05) is 12.4 Å². The number of aryl methyl sites for hydroxylation is 2. The molecule has 0 aliphatic rings. The summed E-state index contributed by atoms with van der Waals surface area (Å²) in [5.41, 5.74) is 1.67. The first-order valence-corrected chi connectivity index (χ1v) is 9.73. The van der Waals surface area contributed by atoms with Crippen LogP contribution in [0.3, 0.4) is 0 Å². The Morgan fingerprint density at radius 3 is 2.67 bits per heavy atom. The lowest BCUT2D eigenvalue weighted by Gasteiger charge is -2.12. The third kappa shape index (κ3) is 3.24. The van der Waals surface area contributed by atoms with Crippen LogP contribution in [0.15, 0.2) is 34.2 Å². The first kappa shape index (κ1) is 17.5. The summed E-state index contributed by atoms with van der Waals surface area (Å²) >= 11 is 9.00. The number of nitrogens with zero attached hydrogens (tertiary/aromatic N) is 2. The summed E-state index contributed by atoms with van der Waals surface area (Å²) in [5, 5.41) is 11.0. The van der Waals surface area contributed by atoms with Gasteiger partial charge in [0, 0.05) is 22.3 Å². The Morgan fingerprint density at radius 2 is 2.00 bits per heavy atom. The average Bonchev–Trinajstić information content (AvgIpc) is 2.84. The maximum Gasteiger partial charge on any atom is 0.267 e. The topological polar surface area (TPSA) is 55.1 Å². The second-order valence-electron chi connectivity index (χ2n) is 5.40. The summed E-state index contributed by atoms with van der Waals surface area (Å²) in [6.07, 6.45) is 0.654. The van der Waals surface area contributed by atoms with E-state index in [2.05, 4.69) is 0 Å². The second kappa shape index (κ2) is 7.27. The van der Waals surface area contributed by atoms with Crippen molar-refractivity contribution in [3.63, 3.8) is 0 Å². The minimum absolute atomic E-state index is 0.0596. The zero-order valence-corrected chi connectivity index (χ0v) is 15.8. The van der Waals surface area contributed by atoms with E-state index in [1.165, 1.54) is 11.8 Å².